The van der Waals surface area contributed by atoms with Crippen LogP contribution in [0, 0.1) is 13.8 Å². The van der Waals surface area contributed by atoms with Crippen molar-refractivity contribution in [3.63, 3.8) is 0 Å². The molecule has 0 aromatic heterocycles. The summed E-state index contributed by atoms with van der Waals surface area (Å²) in [7, 11) is 0. The van der Waals surface area contributed by atoms with Crippen molar-refractivity contribution in [2.24, 2.45) is 0 Å². The Morgan fingerprint density at radius 2 is 1.86 bits per heavy atom. The van der Waals surface area contributed by atoms with Gasteiger partial charge < -0.3 is 14.7 Å². The molecule has 0 fully saturated rings. The molecule has 1 heterocycles. The molecule has 1 atom stereocenters. The fraction of sp³-hybridized carbons (Fsp3) is 0.391. The van der Waals surface area contributed by atoms with Crippen LogP contribution in [-0.4, -0.2) is 22.9 Å². The number of aryl methyl sites for hydroxylation is 1. The third-order valence-electron chi connectivity index (χ3n) is 5.18. The first-order valence-electron chi connectivity index (χ1n) is 9.54. The lowest BCUT2D eigenvalue weighted by atomic mass is 9.88. The first-order chi connectivity index (χ1) is 13.1. The Morgan fingerprint density at radius 3 is 2.50 bits per heavy atom. The van der Waals surface area contributed by atoms with Crippen LogP contribution in [0.2, 0.25) is 0 Å². The van der Waals surface area contributed by atoms with E-state index in [0.717, 1.165) is 16.7 Å². The largest absolute Gasteiger partial charge is 0.491 e. The normalized spacial score (nSPS) is 18.5. The summed E-state index contributed by atoms with van der Waals surface area (Å²) in [5, 5.41) is 11.2. The number of nitrogens with zero attached hydrogens (tertiary/aromatic N) is 1. The number of hydrogen-bond acceptors (Lipinski definition) is 4. The highest BCUT2D eigenvalue weighted by molar-refractivity contribution is 6.09. The molecule has 1 aliphatic rings. The van der Waals surface area contributed by atoms with E-state index in [1.165, 1.54) is 6.92 Å². The average Bonchev–Trinajstić information content (AvgIpc) is 2.81. The monoisotopic (exact) mass is 381 g/mol. The van der Waals surface area contributed by atoms with Crippen LogP contribution < -0.4 is 9.64 Å². The molecule has 5 nitrogen and oxygen atoms in total. The van der Waals surface area contributed by atoms with Gasteiger partial charge >= 0.3 is 0 Å². The predicted molar refractivity (Wildman–Crippen MR) is 109 cm³/mol. The van der Waals surface area contributed by atoms with Crippen molar-refractivity contribution in [2.75, 3.05) is 4.90 Å². The first kappa shape index (κ1) is 20.1. The number of amides is 1. The van der Waals surface area contributed by atoms with Gasteiger partial charge in [-0.05, 0) is 51.8 Å². The predicted octanol–water partition coefficient (Wildman–Crippen LogP) is 3.80. The van der Waals surface area contributed by atoms with E-state index in [1.807, 2.05) is 58.0 Å². The third-order valence-corrected chi connectivity index (χ3v) is 5.18. The van der Waals surface area contributed by atoms with Gasteiger partial charge in [0.2, 0.25) is 0 Å². The van der Waals surface area contributed by atoms with Crippen LogP contribution in [0.1, 0.15) is 49.4 Å². The zero-order chi connectivity index (χ0) is 20.6. The van der Waals surface area contributed by atoms with E-state index in [0.29, 0.717) is 17.0 Å². The fourth-order valence-corrected chi connectivity index (χ4v) is 3.78. The van der Waals surface area contributed by atoms with Crippen molar-refractivity contribution in [3.05, 3.63) is 58.7 Å². The SMILES string of the molecule is CC(=O)CC1(O)C(=O)N(Cc2ccccc2OC(C)C)c2c1ccc(C)c2C. The molecule has 0 saturated carbocycles. The molecule has 1 aliphatic heterocycles. The van der Waals surface area contributed by atoms with Crippen LogP contribution >= 0.6 is 0 Å². The average molecular weight is 381 g/mol. The summed E-state index contributed by atoms with van der Waals surface area (Å²) in [4.78, 5) is 26.7. The molecule has 2 aromatic rings. The second-order valence-corrected chi connectivity index (χ2v) is 7.81. The zero-order valence-electron chi connectivity index (χ0n) is 17.1. The highest BCUT2D eigenvalue weighted by Crippen LogP contribution is 2.46. The maximum absolute atomic E-state index is 13.3. The summed E-state index contributed by atoms with van der Waals surface area (Å²) in [6.45, 7) is 9.46. The van der Waals surface area contributed by atoms with Gasteiger partial charge in [-0.1, -0.05) is 30.3 Å². The maximum atomic E-state index is 13.3. The molecule has 28 heavy (non-hydrogen) atoms. The standard InChI is InChI=1S/C23H27NO4/c1-14(2)28-20-9-7-6-8-18(20)13-24-21-17(5)15(3)10-11-19(21)23(27,22(24)26)12-16(4)25/h6-11,14,27H,12-13H2,1-5H3. The van der Waals surface area contributed by atoms with E-state index in [1.54, 1.807) is 11.0 Å². The molecular formula is C23H27NO4. The van der Waals surface area contributed by atoms with Gasteiger partial charge in [0.1, 0.15) is 11.5 Å². The summed E-state index contributed by atoms with van der Waals surface area (Å²) in [6.07, 6.45) is -0.233. The lowest BCUT2D eigenvalue weighted by Gasteiger charge is -2.24. The number of fused-ring (bicyclic) bond motifs is 1. The number of carbonyl (C=O) groups is 2. The molecule has 1 amide bonds. The number of benzene rings is 2. The third kappa shape index (κ3) is 3.42. The van der Waals surface area contributed by atoms with Gasteiger partial charge in [0, 0.05) is 17.5 Å². The van der Waals surface area contributed by atoms with E-state index in [-0.39, 0.29) is 24.9 Å². The van der Waals surface area contributed by atoms with Crippen molar-refractivity contribution in [1.29, 1.82) is 0 Å². The summed E-state index contributed by atoms with van der Waals surface area (Å²) >= 11 is 0. The summed E-state index contributed by atoms with van der Waals surface area (Å²) in [5.41, 5.74) is 2.16. The fourth-order valence-electron chi connectivity index (χ4n) is 3.78. The molecular weight excluding hydrogens is 354 g/mol. The number of hydrogen-bond donors (Lipinski definition) is 1. The van der Waals surface area contributed by atoms with Crippen molar-refractivity contribution >= 4 is 17.4 Å². The van der Waals surface area contributed by atoms with Crippen LogP contribution in [-0.2, 0) is 21.7 Å². The maximum Gasteiger partial charge on any atom is 0.264 e. The Kier molecular flexibility index (Phi) is 5.31. The highest BCUT2D eigenvalue weighted by atomic mass is 16.5. The van der Waals surface area contributed by atoms with E-state index < -0.39 is 11.5 Å². The number of para-hydroxylation sites is 1. The van der Waals surface area contributed by atoms with E-state index in [2.05, 4.69) is 0 Å². The Bertz CT molecular complexity index is 934. The van der Waals surface area contributed by atoms with Crippen molar-refractivity contribution in [3.8, 4) is 5.75 Å². The summed E-state index contributed by atoms with van der Waals surface area (Å²) < 4.78 is 5.89. The number of rotatable bonds is 6. The van der Waals surface area contributed by atoms with Crippen molar-refractivity contribution in [2.45, 2.75) is 59.3 Å². The van der Waals surface area contributed by atoms with Crippen LogP contribution in [0.5, 0.6) is 5.75 Å². The summed E-state index contributed by atoms with van der Waals surface area (Å²) in [6, 6.07) is 11.2. The molecule has 1 unspecified atom stereocenters. The van der Waals surface area contributed by atoms with Crippen molar-refractivity contribution < 1.29 is 19.4 Å². The molecule has 0 bridgehead atoms. The van der Waals surface area contributed by atoms with E-state index >= 15 is 0 Å². The topological polar surface area (TPSA) is 66.8 Å². The zero-order valence-corrected chi connectivity index (χ0v) is 17.1. The van der Waals surface area contributed by atoms with Gasteiger partial charge in [-0.15, -0.1) is 0 Å². The minimum absolute atomic E-state index is 0.00124. The molecule has 0 saturated heterocycles. The lowest BCUT2D eigenvalue weighted by molar-refractivity contribution is -0.141. The molecule has 1 N–H and O–H groups in total. The molecule has 2 aromatic carbocycles. The lowest BCUT2D eigenvalue weighted by Crippen LogP contribution is -2.41. The van der Waals surface area contributed by atoms with Crippen LogP contribution in [0.25, 0.3) is 0 Å². The smallest absolute Gasteiger partial charge is 0.264 e. The van der Waals surface area contributed by atoms with Crippen molar-refractivity contribution in [1.82, 2.24) is 0 Å². The second-order valence-electron chi connectivity index (χ2n) is 7.81. The van der Waals surface area contributed by atoms with Crippen LogP contribution in [0.15, 0.2) is 36.4 Å². The Morgan fingerprint density at radius 1 is 1.18 bits per heavy atom. The van der Waals surface area contributed by atoms with E-state index in [9.17, 15) is 14.7 Å². The van der Waals surface area contributed by atoms with Gasteiger partial charge in [0.05, 0.1) is 18.3 Å². The van der Waals surface area contributed by atoms with Crippen LogP contribution in [0.4, 0.5) is 5.69 Å². The van der Waals surface area contributed by atoms with Gasteiger partial charge in [-0.2, -0.15) is 0 Å². The number of Topliss-reactive ketones (excluding diaryl/α,β-unsaturated/α-hetero) is 1. The number of ether oxygens (including phenoxy) is 1. The molecule has 0 radical (unpaired) electrons. The Balaban J connectivity index is 2.10. The number of aliphatic hydroxyl groups is 1. The number of carbonyl (C=O) groups excluding carboxylic acids is 2. The number of anilines is 1. The quantitative estimate of drug-likeness (QED) is 0.826. The van der Waals surface area contributed by atoms with Gasteiger partial charge in [0.15, 0.2) is 5.60 Å². The Hall–Kier alpha value is -2.66. The first-order valence-corrected chi connectivity index (χ1v) is 9.54. The molecule has 0 aliphatic carbocycles. The molecule has 148 valence electrons. The number of ketones is 1. The molecule has 3 rings (SSSR count). The van der Waals surface area contributed by atoms with Gasteiger partial charge in [-0.3, -0.25) is 9.59 Å². The molecule has 0 spiro atoms. The van der Waals surface area contributed by atoms with E-state index in [4.69, 9.17) is 4.74 Å². The summed E-state index contributed by atoms with van der Waals surface area (Å²) in [5.74, 6) is 0.00957. The van der Waals surface area contributed by atoms with Gasteiger partial charge in [0.25, 0.3) is 5.91 Å². The highest BCUT2D eigenvalue weighted by Gasteiger charge is 2.51. The minimum atomic E-state index is -1.83. The van der Waals surface area contributed by atoms with Gasteiger partial charge in [-0.25, -0.2) is 0 Å². The van der Waals surface area contributed by atoms with Crippen LogP contribution in [0.3, 0.4) is 0 Å². The molecule has 5 heteroatoms. The Labute approximate surface area is 165 Å². The minimum Gasteiger partial charge on any atom is -0.491 e. The second kappa shape index (κ2) is 7.40.